The maximum absolute atomic E-state index is 7.44. The van der Waals surface area contributed by atoms with E-state index in [4.69, 9.17) is 22.7 Å². The molecule has 0 saturated carbocycles. The van der Waals surface area contributed by atoms with Gasteiger partial charge in [-0.05, 0) is 57.6 Å². The number of rotatable bonds is 5. The van der Waals surface area contributed by atoms with E-state index in [2.05, 4.69) is 23.9 Å². The Morgan fingerprint density at radius 1 is 1.38 bits per heavy atom. The van der Waals surface area contributed by atoms with Gasteiger partial charge in [-0.15, -0.1) is 0 Å². The molecule has 0 unspecified atom stereocenters. The largest absolute Gasteiger partial charge is 0.384 e. The minimum Gasteiger partial charge on any atom is -0.384 e. The highest BCUT2D eigenvalue weighted by molar-refractivity contribution is 6.31. The summed E-state index contributed by atoms with van der Waals surface area (Å²) in [6.07, 6.45) is 2.50. The lowest BCUT2D eigenvalue weighted by Crippen LogP contribution is -2.36. The van der Waals surface area contributed by atoms with Gasteiger partial charge in [-0.3, -0.25) is 10.3 Å². The van der Waals surface area contributed by atoms with Crippen LogP contribution in [-0.4, -0.2) is 49.4 Å². The van der Waals surface area contributed by atoms with Gasteiger partial charge in [0.25, 0.3) is 0 Å². The first-order chi connectivity index (χ1) is 9.95. The summed E-state index contributed by atoms with van der Waals surface area (Å²) in [6.45, 7) is 4.32. The lowest BCUT2D eigenvalue weighted by atomic mass is 9.96. The summed E-state index contributed by atoms with van der Waals surface area (Å²) in [7, 11) is 4.28. The van der Waals surface area contributed by atoms with Crippen molar-refractivity contribution in [2.45, 2.75) is 19.4 Å². The molecule has 5 heteroatoms. The Morgan fingerprint density at radius 2 is 2.05 bits per heavy atom. The highest BCUT2D eigenvalue weighted by Gasteiger charge is 2.20. The number of halogens is 1. The monoisotopic (exact) mass is 308 g/mol. The number of hydrogen-bond acceptors (Lipinski definition) is 3. The molecular formula is C16H25ClN4. The van der Waals surface area contributed by atoms with E-state index in [0.29, 0.717) is 10.6 Å². The number of likely N-dealkylation sites (tertiary alicyclic amines) is 1. The Labute approximate surface area is 132 Å². The van der Waals surface area contributed by atoms with E-state index in [1.54, 1.807) is 6.07 Å². The summed E-state index contributed by atoms with van der Waals surface area (Å²) < 4.78 is 0. The van der Waals surface area contributed by atoms with Crippen LogP contribution in [0.25, 0.3) is 0 Å². The number of hydrogen-bond donors (Lipinski definition) is 2. The Balaban J connectivity index is 1.90. The number of nitrogens with two attached hydrogens (primary N) is 1. The van der Waals surface area contributed by atoms with Crippen molar-refractivity contribution in [3.05, 3.63) is 34.3 Å². The van der Waals surface area contributed by atoms with Crippen molar-refractivity contribution in [3.63, 3.8) is 0 Å². The number of amidine groups is 1. The second-order valence-corrected chi connectivity index (χ2v) is 6.61. The Morgan fingerprint density at radius 3 is 2.57 bits per heavy atom. The van der Waals surface area contributed by atoms with E-state index in [-0.39, 0.29) is 5.84 Å². The quantitative estimate of drug-likeness (QED) is 0.649. The molecule has 0 aliphatic carbocycles. The molecule has 0 spiro atoms. The van der Waals surface area contributed by atoms with Crippen LogP contribution >= 0.6 is 11.6 Å². The topological polar surface area (TPSA) is 56.4 Å². The normalized spacial score (nSPS) is 17.3. The van der Waals surface area contributed by atoms with Crippen LogP contribution in [0, 0.1) is 11.3 Å². The van der Waals surface area contributed by atoms with Gasteiger partial charge in [-0.1, -0.05) is 23.7 Å². The smallest absolute Gasteiger partial charge is 0.122 e. The van der Waals surface area contributed by atoms with Crippen molar-refractivity contribution in [2.75, 3.05) is 33.7 Å². The number of nitrogens with zero attached hydrogens (tertiary/aromatic N) is 2. The molecular weight excluding hydrogens is 284 g/mol. The van der Waals surface area contributed by atoms with Crippen molar-refractivity contribution in [1.82, 2.24) is 9.80 Å². The predicted octanol–water partition coefficient (Wildman–Crippen LogP) is 2.40. The predicted molar refractivity (Wildman–Crippen MR) is 89.0 cm³/mol. The Hall–Kier alpha value is -1.10. The van der Waals surface area contributed by atoms with Crippen LogP contribution in [0.15, 0.2) is 18.2 Å². The Kier molecular flexibility index (Phi) is 5.62. The highest BCUT2D eigenvalue weighted by atomic mass is 35.5. The highest BCUT2D eigenvalue weighted by Crippen LogP contribution is 2.23. The molecule has 3 N–H and O–H groups in total. The molecule has 1 aliphatic rings. The van der Waals surface area contributed by atoms with Gasteiger partial charge in [0.1, 0.15) is 5.84 Å². The van der Waals surface area contributed by atoms with Gasteiger partial charge < -0.3 is 10.6 Å². The van der Waals surface area contributed by atoms with Crippen molar-refractivity contribution in [1.29, 1.82) is 5.41 Å². The van der Waals surface area contributed by atoms with Crippen LogP contribution in [0.3, 0.4) is 0 Å². The van der Waals surface area contributed by atoms with Crippen LogP contribution in [-0.2, 0) is 6.54 Å². The fourth-order valence-corrected chi connectivity index (χ4v) is 3.17. The van der Waals surface area contributed by atoms with Crippen LogP contribution in [0.4, 0.5) is 0 Å². The zero-order valence-electron chi connectivity index (χ0n) is 12.9. The molecule has 0 amide bonds. The number of nitrogen functional groups attached to an aromatic ring is 1. The van der Waals surface area contributed by atoms with E-state index in [1.165, 1.54) is 19.4 Å². The standard InChI is InChI=1S/C16H25ClN4/c1-20(2)10-12-5-7-21(8-6-12)11-14-4-3-13(16(18)19)9-15(14)17/h3-4,9,12H,5-8,10-11H2,1-2H3,(H3,18,19). The van der Waals surface area contributed by atoms with Crippen molar-refractivity contribution in [2.24, 2.45) is 11.7 Å². The molecule has 4 nitrogen and oxygen atoms in total. The molecule has 2 rings (SSSR count). The third-order valence-electron chi connectivity index (χ3n) is 4.09. The lowest BCUT2D eigenvalue weighted by Gasteiger charge is -2.33. The average molecular weight is 309 g/mol. The van der Waals surface area contributed by atoms with Gasteiger partial charge in [0.15, 0.2) is 0 Å². The molecule has 1 saturated heterocycles. The summed E-state index contributed by atoms with van der Waals surface area (Å²) in [4.78, 5) is 4.73. The van der Waals surface area contributed by atoms with E-state index in [0.717, 1.165) is 31.1 Å². The second kappa shape index (κ2) is 7.25. The van der Waals surface area contributed by atoms with Gasteiger partial charge in [0.2, 0.25) is 0 Å². The minimum atomic E-state index is 0.0629. The fraction of sp³-hybridized carbons (Fsp3) is 0.562. The molecule has 1 heterocycles. The van der Waals surface area contributed by atoms with Crippen LogP contribution < -0.4 is 5.73 Å². The SMILES string of the molecule is CN(C)CC1CCN(Cc2ccc(C(=N)N)cc2Cl)CC1. The lowest BCUT2D eigenvalue weighted by molar-refractivity contribution is 0.157. The van der Waals surface area contributed by atoms with Crippen molar-refractivity contribution < 1.29 is 0 Å². The van der Waals surface area contributed by atoms with Crippen molar-refractivity contribution >= 4 is 17.4 Å². The first kappa shape index (κ1) is 16.3. The van der Waals surface area contributed by atoms with Crippen LogP contribution in [0.1, 0.15) is 24.0 Å². The van der Waals surface area contributed by atoms with Gasteiger partial charge in [-0.25, -0.2) is 0 Å². The molecule has 1 fully saturated rings. The molecule has 1 aromatic rings. The molecule has 0 bridgehead atoms. The summed E-state index contributed by atoms with van der Waals surface area (Å²) >= 11 is 6.30. The minimum absolute atomic E-state index is 0.0629. The molecule has 21 heavy (non-hydrogen) atoms. The zero-order valence-corrected chi connectivity index (χ0v) is 13.7. The first-order valence-corrected chi connectivity index (χ1v) is 7.83. The van der Waals surface area contributed by atoms with Gasteiger partial charge in [0, 0.05) is 23.7 Å². The molecule has 116 valence electrons. The number of nitrogens with one attached hydrogen (secondary N) is 1. The zero-order chi connectivity index (χ0) is 15.4. The van der Waals surface area contributed by atoms with Gasteiger partial charge in [0.05, 0.1) is 0 Å². The van der Waals surface area contributed by atoms with E-state index >= 15 is 0 Å². The van der Waals surface area contributed by atoms with Crippen LogP contribution in [0.2, 0.25) is 5.02 Å². The maximum Gasteiger partial charge on any atom is 0.122 e. The molecule has 1 aromatic carbocycles. The number of benzene rings is 1. The van der Waals surface area contributed by atoms with Gasteiger partial charge in [-0.2, -0.15) is 0 Å². The summed E-state index contributed by atoms with van der Waals surface area (Å²) in [5, 5.41) is 8.14. The molecule has 0 aromatic heterocycles. The second-order valence-electron chi connectivity index (χ2n) is 6.20. The molecule has 0 radical (unpaired) electrons. The third-order valence-corrected chi connectivity index (χ3v) is 4.44. The fourth-order valence-electron chi connectivity index (χ4n) is 2.93. The van der Waals surface area contributed by atoms with Gasteiger partial charge >= 0.3 is 0 Å². The summed E-state index contributed by atoms with van der Waals surface area (Å²) in [5.74, 6) is 0.875. The van der Waals surface area contributed by atoms with E-state index < -0.39 is 0 Å². The molecule has 0 atom stereocenters. The summed E-state index contributed by atoms with van der Waals surface area (Å²) in [5.41, 5.74) is 7.29. The average Bonchev–Trinajstić information content (AvgIpc) is 2.42. The Bertz CT molecular complexity index is 493. The third kappa shape index (κ3) is 4.70. The van der Waals surface area contributed by atoms with E-state index in [9.17, 15) is 0 Å². The number of piperidine rings is 1. The molecule has 1 aliphatic heterocycles. The first-order valence-electron chi connectivity index (χ1n) is 7.45. The van der Waals surface area contributed by atoms with E-state index in [1.807, 2.05) is 12.1 Å². The summed E-state index contributed by atoms with van der Waals surface area (Å²) in [6, 6.07) is 5.66. The van der Waals surface area contributed by atoms with Crippen molar-refractivity contribution in [3.8, 4) is 0 Å². The van der Waals surface area contributed by atoms with Crippen LogP contribution in [0.5, 0.6) is 0 Å². The maximum atomic E-state index is 7.44.